The van der Waals surface area contributed by atoms with Gasteiger partial charge in [0.15, 0.2) is 5.12 Å². The first-order valence-electron chi connectivity index (χ1n) is 8.05. The van der Waals surface area contributed by atoms with E-state index < -0.39 is 30.2 Å². The summed E-state index contributed by atoms with van der Waals surface area (Å²) in [7, 11) is -0.761. The summed E-state index contributed by atoms with van der Waals surface area (Å²) < 4.78 is 50.6. The van der Waals surface area contributed by atoms with Crippen molar-refractivity contribution in [3.8, 4) is 0 Å². The number of pyridine rings is 1. The van der Waals surface area contributed by atoms with Crippen molar-refractivity contribution in [1.29, 1.82) is 0 Å². The second-order valence-corrected chi connectivity index (χ2v) is 8.19. The molecule has 0 aromatic carbocycles. The van der Waals surface area contributed by atoms with Gasteiger partial charge in [0.2, 0.25) is 0 Å². The normalized spacial score (nSPS) is 19.7. The number of rotatable bonds is 4. The fourth-order valence-corrected chi connectivity index (χ4v) is 2.83. The van der Waals surface area contributed by atoms with Crippen molar-refractivity contribution in [3.05, 3.63) is 35.1 Å². The molecular weight excluding hydrogens is 366 g/mol. The zero-order valence-corrected chi connectivity index (χ0v) is 16.1. The smallest absolute Gasteiger partial charge is 0.400 e. The lowest BCUT2D eigenvalue weighted by molar-refractivity contribution is -0.141. The number of nitrogens with zero attached hydrogens (tertiary/aromatic N) is 1. The number of carbonyl (C=O) groups excluding carboxylic acids is 1. The molecule has 0 radical (unpaired) electrons. The average molecular weight is 387 g/mol. The van der Waals surface area contributed by atoms with Gasteiger partial charge in [0, 0.05) is 12.7 Å². The predicted molar refractivity (Wildman–Crippen MR) is 96.4 cm³/mol. The van der Waals surface area contributed by atoms with Gasteiger partial charge in [0.05, 0.1) is 16.9 Å². The van der Waals surface area contributed by atoms with Crippen LogP contribution in [0.4, 0.5) is 13.2 Å². The minimum Gasteiger partial charge on any atom is -0.400 e. The summed E-state index contributed by atoms with van der Waals surface area (Å²) >= 11 is 1.04. The zero-order chi connectivity index (χ0) is 19.8. The van der Waals surface area contributed by atoms with E-state index in [0.29, 0.717) is 5.47 Å². The highest BCUT2D eigenvalue weighted by Crippen LogP contribution is 2.39. The molecule has 1 aliphatic heterocycles. The van der Waals surface area contributed by atoms with Crippen molar-refractivity contribution in [2.75, 3.05) is 5.75 Å². The maximum absolute atomic E-state index is 12.9. The molecule has 0 unspecified atom stereocenters. The van der Waals surface area contributed by atoms with E-state index in [2.05, 4.69) is 4.98 Å². The van der Waals surface area contributed by atoms with Gasteiger partial charge in [-0.3, -0.25) is 4.79 Å². The van der Waals surface area contributed by atoms with Crippen LogP contribution in [0.25, 0.3) is 6.08 Å². The highest BCUT2D eigenvalue weighted by atomic mass is 32.2. The van der Waals surface area contributed by atoms with E-state index in [0.717, 1.165) is 17.8 Å². The first-order chi connectivity index (χ1) is 11.8. The number of halogens is 3. The first kappa shape index (κ1) is 21.0. The van der Waals surface area contributed by atoms with Crippen LogP contribution >= 0.6 is 11.8 Å². The van der Waals surface area contributed by atoms with Gasteiger partial charge < -0.3 is 9.31 Å². The molecule has 0 spiro atoms. The van der Waals surface area contributed by atoms with Crippen LogP contribution in [-0.4, -0.2) is 34.2 Å². The summed E-state index contributed by atoms with van der Waals surface area (Å²) in [6, 6.07) is 3.68. The van der Waals surface area contributed by atoms with E-state index in [1.54, 1.807) is 0 Å². The van der Waals surface area contributed by atoms with Crippen molar-refractivity contribution in [2.45, 2.75) is 52.0 Å². The lowest BCUT2D eigenvalue weighted by Crippen LogP contribution is -2.41. The van der Waals surface area contributed by atoms with Gasteiger partial charge in [0.1, 0.15) is 5.69 Å². The van der Waals surface area contributed by atoms with Gasteiger partial charge in [-0.05, 0) is 51.4 Å². The van der Waals surface area contributed by atoms with Crippen LogP contribution in [0.1, 0.15) is 46.0 Å². The van der Waals surface area contributed by atoms with Crippen LogP contribution in [0.3, 0.4) is 0 Å². The van der Waals surface area contributed by atoms with Crippen LogP contribution < -0.4 is 0 Å². The molecule has 9 heteroatoms. The molecule has 1 fully saturated rings. The monoisotopic (exact) mass is 387 g/mol. The zero-order valence-electron chi connectivity index (χ0n) is 15.3. The second-order valence-electron chi connectivity index (χ2n) is 7.03. The number of carbonyl (C=O) groups is 1. The summed E-state index contributed by atoms with van der Waals surface area (Å²) in [5.41, 5.74) is -1.49. The molecule has 1 saturated heterocycles. The summed E-state index contributed by atoms with van der Waals surface area (Å²) in [5, 5.41) is -0.107. The van der Waals surface area contributed by atoms with Gasteiger partial charge in [0.25, 0.3) is 0 Å². The SMILES string of the molecule is CC(=O)SCC(=Cc1cccc(C(F)(F)F)n1)B1OC(C)(C)C(C)(C)O1. The molecule has 1 aromatic rings. The van der Waals surface area contributed by atoms with Crippen LogP contribution in [0.5, 0.6) is 0 Å². The summed E-state index contributed by atoms with van der Waals surface area (Å²) in [4.78, 5) is 15.0. The van der Waals surface area contributed by atoms with Crippen molar-refractivity contribution >= 4 is 30.1 Å². The third-order valence-corrected chi connectivity index (χ3v) is 5.28. The number of alkyl halides is 3. The fourth-order valence-electron chi connectivity index (χ4n) is 2.24. The Morgan fingerprint density at radius 1 is 1.23 bits per heavy atom. The Bertz CT molecular complexity index is 703. The largest absolute Gasteiger partial charge is 0.491 e. The highest BCUT2D eigenvalue weighted by Gasteiger charge is 2.52. The number of hydrogen-bond acceptors (Lipinski definition) is 5. The van der Waals surface area contributed by atoms with E-state index in [1.165, 1.54) is 25.1 Å². The number of thioether (sulfide) groups is 1. The van der Waals surface area contributed by atoms with Crippen molar-refractivity contribution in [2.24, 2.45) is 0 Å². The quantitative estimate of drug-likeness (QED) is 0.717. The molecule has 2 heterocycles. The van der Waals surface area contributed by atoms with Gasteiger partial charge in [-0.15, -0.1) is 0 Å². The van der Waals surface area contributed by atoms with Gasteiger partial charge in [-0.2, -0.15) is 13.2 Å². The summed E-state index contributed by atoms with van der Waals surface area (Å²) in [6.07, 6.45) is -3.03. The standard InChI is InChI=1S/C17H21BF3NO3S/c1-11(23)26-10-12(18-24-15(2,3)16(4,5)25-18)9-13-7-6-8-14(22-13)17(19,20)21/h6-9H,10H2,1-5H3. The molecule has 0 atom stereocenters. The second kappa shape index (κ2) is 7.36. The molecule has 1 aromatic heterocycles. The van der Waals surface area contributed by atoms with Crippen LogP contribution in [0.15, 0.2) is 23.7 Å². The summed E-state index contributed by atoms with van der Waals surface area (Å²) in [6.45, 7) is 8.95. The molecule has 0 N–H and O–H groups in total. The Labute approximate surface area is 155 Å². The third-order valence-electron chi connectivity index (χ3n) is 4.39. The van der Waals surface area contributed by atoms with Crippen LogP contribution in [0, 0.1) is 0 Å². The molecular formula is C17H21BF3NO3S. The molecule has 2 rings (SSSR count). The van der Waals surface area contributed by atoms with Gasteiger partial charge >= 0.3 is 13.3 Å². The first-order valence-corrected chi connectivity index (χ1v) is 9.04. The molecule has 0 amide bonds. The van der Waals surface area contributed by atoms with Crippen molar-refractivity contribution < 1.29 is 27.3 Å². The van der Waals surface area contributed by atoms with E-state index in [1.807, 2.05) is 27.7 Å². The van der Waals surface area contributed by atoms with E-state index >= 15 is 0 Å². The third kappa shape index (κ3) is 4.89. The summed E-state index contributed by atoms with van der Waals surface area (Å²) in [5.74, 6) is 0.240. The molecule has 4 nitrogen and oxygen atoms in total. The van der Waals surface area contributed by atoms with E-state index in [9.17, 15) is 18.0 Å². The Morgan fingerprint density at radius 2 is 1.81 bits per heavy atom. The number of hydrogen-bond donors (Lipinski definition) is 0. The highest BCUT2D eigenvalue weighted by molar-refractivity contribution is 8.13. The minimum absolute atomic E-state index is 0.107. The van der Waals surface area contributed by atoms with Crippen molar-refractivity contribution in [1.82, 2.24) is 4.98 Å². The van der Waals surface area contributed by atoms with E-state index in [4.69, 9.17) is 9.31 Å². The Balaban J connectivity index is 2.37. The predicted octanol–water partition coefficient (Wildman–Crippen LogP) is 4.39. The minimum atomic E-state index is -4.53. The van der Waals surface area contributed by atoms with Gasteiger partial charge in [-0.25, -0.2) is 4.98 Å². The maximum Gasteiger partial charge on any atom is 0.491 e. The fraction of sp³-hybridized carbons (Fsp3) is 0.529. The average Bonchev–Trinajstić information content (AvgIpc) is 2.71. The van der Waals surface area contributed by atoms with Crippen LogP contribution in [-0.2, 0) is 20.3 Å². The van der Waals surface area contributed by atoms with Gasteiger partial charge in [-0.1, -0.05) is 17.8 Å². The molecule has 0 aliphatic carbocycles. The van der Waals surface area contributed by atoms with Crippen LogP contribution in [0.2, 0.25) is 0 Å². The Kier molecular flexibility index (Phi) is 5.94. The molecule has 1 aliphatic rings. The molecule has 0 saturated carbocycles. The lowest BCUT2D eigenvalue weighted by Gasteiger charge is -2.32. The maximum atomic E-state index is 12.9. The van der Waals surface area contributed by atoms with Crippen molar-refractivity contribution in [3.63, 3.8) is 0 Å². The lowest BCUT2D eigenvalue weighted by atomic mass is 9.78. The molecule has 0 bridgehead atoms. The molecule has 26 heavy (non-hydrogen) atoms. The topological polar surface area (TPSA) is 48.4 Å². The Morgan fingerprint density at radius 3 is 2.31 bits per heavy atom. The number of aromatic nitrogens is 1. The van der Waals surface area contributed by atoms with E-state index in [-0.39, 0.29) is 16.6 Å². The molecule has 142 valence electrons. The Hall–Kier alpha value is -1.32.